The third-order valence-corrected chi connectivity index (χ3v) is 7.19. The number of rotatable bonds is 6. The lowest BCUT2D eigenvalue weighted by Gasteiger charge is -2.04. The van der Waals surface area contributed by atoms with E-state index >= 15 is 0 Å². The maximum Gasteiger partial charge on any atom is 0.238 e. The summed E-state index contributed by atoms with van der Waals surface area (Å²) in [4.78, 5) is 5.35. The van der Waals surface area contributed by atoms with Crippen molar-refractivity contribution >= 4 is 32.9 Å². The van der Waals surface area contributed by atoms with Crippen molar-refractivity contribution in [3.05, 3.63) is 47.8 Å². The number of thiophene rings is 1. The smallest absolute Gasteiger partial charge is 0.238 e. The summed E-state index contributed by atoms with van der Waals surface area (Å²) in [5.74, 6) is 1.53. The Balaban J connectivity index is 2.08. The van der Waals surface area contributed by atoms with Crippen LogP contribution < -0.4 is 0 Å². The standard InChI is InChI=1S/C17H17NO3S3/c1-12(2)11-23-17-16(18-15(21-17)14-9-6-10-22-14)24(19,20)13-7-4-3-5-8-13/h3-10,12H,11H2,1-2H3. The molecule has 0 saturated carbocycles. The first-order chi connectivity index (χ1) is 11.5. The van der Waals surface area contributed by atoms with E-state index in [1.165, 1.54) is 23.1 Å². The molecule has 2 heterocycles. The van der Waals surface area contributed by atoms with E-state index in [1.54, 1.807) is 30.3 Å². The van der Waals surface area contributed by atoms with Crippen LogP contribution in [0, 0.1) is 5.92 Å². The van der Waals surface area contributed by atoms with Gasteiger partial charge in [-0.25, -0.2) is 8.42 Å². The highest BCUT2D eigenvalue weighted by atomic mass is 32.2. The summed E-state index contributed by atoms with van der Waals surface area (Å²) in [6.45, 7) is 4.16. The van der Waals surface area contributed by atoms with Crippen LogP contribution in [-0.4, -0.2) is 19.2 Å². The van der Waals surface area contributed by atoms with Gasteiger partial charge in [-0.2, -0.15) is 4.98 Å². The largest absolute Gasteiger partial charge is 0.428 e. The van der Waals surface area contributed by atoms with Crippen LogP contribution >= 0.6 is 23.1 Å². The van der Waals surface area contributed by atoms with Gasteiger partial charge in [0, 0.05) is 5.75 Å². The van der Waals surface area contributed by atoms with Crippen LogP contribution in [0.4, 0.5) is 0 Å². The maximum atomic E-state index is 12.9. The van der Waals surface area contributed by atoms with Gasteiger partial charge in [-0.15, -0.1) is 11.3 Å². The molecule has 3 aromatic rings. The van der Waals surface area contributed by atoms with Gasteiger partial charge in [-0.05, 0) is 29.5 Å². The number of oxazole rings is 1. The maximum absolute atomic E-state index is 12.9. The quantitative estimate of drug-likeness (QED) is 0.565. The van der Waals surface area contributed by atoms with E-state index in [9.17, 15) is 8.42 Å². The summed E-state index contributed by atoms with van der Waals surface area (Å²) in [7, 11) is -3.71. The third kappa shape index (κ3) is 3.58. The fraction of sp³-hybridized carbons (Fsp3) is 0.235. The van der Waals surface area contributed by atoms with Crippen LogP contribution in [0.15, 0.2) is 67.3 Å². The van der Waals surface area contributed by atoms with Crippen molar-refractivity contribution in [1.29, 1.82) is 0 Å². The molecule has 3 rings (SSSR count). The minimum atomic E-state index is -3.71. The zero-order chi connectivity index (χ0) is 17.2. The van der Waals surface area contributed by atoms with E-state index in [0.717, 1.165) is 10.6 Å². The van der Waals surface area contributed by atoms with Crippen LogP contribution in [0.1, 0.15) is 13.8 Å². The minimum absolute atomic E-state index is 0.00255. The first-order valence-electron chi connectivity index (χ1n) is 7.46. The zero-order valence-corrected chi connectivity index (χ0v) is 15.7. The fourth-order valence-electron chi connectivity index (χ4n) is 2.01. The van der Waals surface area contributed by atoms with Crippen LogP contribution in [0.25, 0.3) is 10.8 Å². The molecular formula is C17H17NO3S3. The normalized spacial score (nSPS) is 12.0. The van der Waals surface area contributed by atoms with E-state index in [0.29, 0.717) is 16.9 Å². The SMILES string of the molecule is CC(C)CSc1oc(-c2cccs2)nc1S(=O)(=O)c1ccccc1. The van der Waals surface area contributed by atoms with Gasteiger partial charge in [0.2, 0.25) is 25.8 Å². The van der Waals surface area contributed by atoms with Gasteiger partial charge >= 0.3 is 0 Å². The van der Waals surface area contributed by atoms with Crippen molar-refractivity contribution in [1.82, 2.24) is 4.98 Å². The lowest BCUT2D eigenvalue weighted by molar-refractivity contribution is 0.470. The molecule has 2 aromatic heterocycles. The molecule has 0 atom stereocenters. The van der Waals surface area contributed by atoms with E-state index in [2.05, 4.69) is 18.8 Å². The molecule has 126 valence electrons. The predicted molar refractivity (Wildman–Crippen MR) is 97.3 cm³/mol. The van der Waals surface area contributed by atoms with E-state index < -0.39 is 9.84 Å². The van der Waals surface area contributed by atoms with Crippen LogP contribution in [0.2, 0.25) is 0 Å². The Bertz CT molecular complexity index is 898. The monoisotopic (exact) mass is 379 g/mol. The highest BCUT2D eigenvalue weighted by molar-refractivity contribution is 8.00. The second-order valence-electron chi connectivity index (χ2n) is 5.61. The molecule has 0 saturated heterocycles. The molecular weight excluding hydrogens is 362 g/mol. The Hall–Kier alpha value is -1.57. The molecule has 7 heteroatoms. The highest BCUT2D eigenvalue weighted by Crippen LogP contribution is 2.36. The van der Waals surface area contributed by atoms with Crippen LogP contribution in [-0.2, 0) is 9.84 Å². The average Bonchev–Trinajstić information content (AvgIpc) is 3.23. The molecule has 0 unspecified atom stereocenters. The van der Waals surface area contributed by atoms with Gasteiger partial charge in [0.1, 0.15) is 0 Å². The van der Waals surface area contributed by atoms with Crippen molar-refractivity contribution in [2.45, 2.75) is 28.9 Å². The Kier molecular flexibility index (Phi) is 5.12. The van der Waals surface area contributed by atoms with Crippen LogP contribution in [0.5, 0.6) is 0 Å². The van der Waals surface area contributed by atoms with E-state index in [1.807, 2.05) is 17.5 Å². The fourth-order valence-corrected chi connectivity index (χ4v) is 5.16. The number of aromatic nitrogens is 1. The van der Waals surface area contributed by atoms with E-state index in [4.69, 9.17) is 4.42 Å². The van der Waals surface area contributed by atoms with Gasteiger partial charge in [-0.3, -0.25) is 0 Å². The Morgan fingerprint density at radius 2 is 1.92 bits per heavy atom. The number of sulfone groups is 1. The molecule has 0 aliphatic carbocycles. The summed E-state index contributed by atoms with van der Waals surface area (Å²) in [6, 6.07) is 12.1. The van der Waals surface area contributed by atoms with Crippen molar-refractivity contribution in [2.24, 2.45) is 5.92 Å². The molecule has 0 aliphatic heterocycles. The Morgan fingerprint density at radius 1 is 1.17 bits per heavy atom. The molecule has 0 fully saturated rings. The number of hydrogen-bond acceptors (Lipinski definition) is 6. The predicted octanol–water partition coefficient (Wildman–Crippen LogP) is 4.98. The lowest BCUT2D eigenvalue weighted by atomic mass is 10.3. The van der Waals surface area contributed by atoms with Gasteiger partial charge in [0.15, 0.2) is 0 Å². The van der Waals surface area contributed by atoms with Gasteiger partial charge in [-0.1, -0.05) is 49.9 Å². The molecule has 0 spiro atoms. The van der Waals surface area contributed by atoms with Crippen molar-refractivity contribution in [3.8, 4) is 10.8 Å². The number of benzene rings is 1. The number of hydrogen-bond donors (Lipinski definition) is 0. The average molecular weight is 380 g/mol. The highest BCUT2D eigenvalue weighted by Gasteiger charge is 2.28. The lowest BCUT2D eigenvalue weighted by Crippen LogP contribution is -2.04. The van der Waals surface area contributed by atoms with Crippen molar-refractivity contribution in [3.63, 3.8) is 0 Å². The Labute approximate surface area is 149 Å². The first-order valence-corrected chi connectivity index (χ1v) is 10.8. The van der Waals surface area contributed by atoms with Gasteiger partial charge in [0.05, 0.1) is 9.77 Å². The molecule has 24 heavy (non-hydrogen) atoms. The molecule has 1 aromatic carbocycles. The molecule has 0 bridgehead atoms. The van der Waals surface area contributed by atoms with Crippen molar-refractivity contribution < 1.29 is 12.8 Å². The third-order valence-electron chi connectivity index (χ3n) is 3.15. The number of nitrogens with zero attached hydrogens (tertiary/aromatic N) is 1. The number of thioether (sulfide) groups is 1. The molecule has 0 N–H and O–H groups in total. The molecule has 0 amide bonds. The molecule has 4 nitrogen and oxygen atoms in total. The summed E-state index contributed by atoms with van der Waals surface area (Å²) in [5, 5.41) is 2.27. The van der Waals surface area contributed by atoms with Gasteiger partial charge < -0.3 is 4.42 Å². The van der Waals surface area contributed by atoms with E-state index in [-0.39, 0.29) is 9.92 Å². The molecule has 0 radical (unpaired) electrons. The van der Waals surface area contributed by atoms with Crippen molar-refractivity contribution in [2.75, 3.05) is 5.75 Å². The summed E-state index contributed by atoms with van der Waals surface area (Å²) in [5.41, 5.74) is 0. The molecule has 0 aliphatic rings. The van der Waals surface area contributed by atoms with Crippen LogP contribution in [0.3, 0.4) is 0 Å². The second kappa shape index (κ2) is 7.13. The first kappa shape index (κ1) is 17.3. The minimum Gasteiger partial charge on any atom is -0.428 e. The van der Waals surface area contributed by atoms with Gasteiger partial charge in [0.25, 0.3) is 0 Å². The second-order valence-corrected chi connectivity index (χ2v) is 9.42. The Morgan fingerprint density at radius 3 is 2.54 bits per heavy atom. The summed E-state index contributed by atoms with van der Waals surface area (Å²) < 4.78 is 31.7. The summed E-state index contributed by atoms with van der Waals surface area (Å²) >= 11 is 2.86. The zero-order valence-electron chi connectivity index (χ0n) is 13.3. The summed E-state index contributed by atoms with van der Waals surface area (Å²) in [6.07, 6.45) is 0. The topological polar surface area (TPSA) is 60.2 Å².